The van der Waals surface area contributed by atoms with Crippen molar-refractivity contribution >= 4 is 17.8 Å². The van der Waals surface area contributed by atoms with Crippen LogP contribution in [0.25, 0.3) is 0 Å². The summed E-state index contributed by atoms with van der Waals surface area (Å²) in [6.45, 7) is 0.857. The molecule has 1 saturated heterocycles. The zero-order valence-electron chi connectivity index (χ0n) is 10.6. The molecule has 0 N–H and O–H groups in total. The van der Waals surface area contributed by atoms with Gasteiger partial charge in [0, 0.05) is 6.61 Å². The summed E-state index contributed by atoms with van der Waals surface area (Å²) in [6.07, 6.45) is 1.61. The number of aromatic carboxylic acids is 1. The minimum absolute atomic E-state index is 0.108. The van der Waals surface area contributed by atoms with Crippen LogP contribution < -0.4 is 5.11 Å². The lowest BCUT2D eigenvalue weighted by atomic mass is 10.1. The average Bonchev–Trinajstić information content (AvgIpc) is 3.02. The van der Waals surface area contributed by atoms with Crippen LogP contribution in [0.4, 0.5) is 0 Å². The number of amides is 2. The third-order valence-corrected chi connectivity index (χ3v) is 3.62. The molecule has 1 aromatic carbocycles. The second-order valence-electron chi connectivity index (χ2n) is 4.90. The molecule has 0 radical (unpaired) electrons. The summed E-state index contributed by atoms with van der Waals surface area (Å²) in [5, 5.41) is 10.8. The molecule has 0 aliphatic carbocycles. The van der Waals surface area contributed by atoms with Crippen molar-refractivity contribution in [3.63, 3.8) is 0 Å². The molecule has 3 rings (SSSR count). The highest BCUT2D eigenvalue weighted by molar-refractivity contribution is 6.21. The molecule has 6 heteroatoms. The molecule has 20 heavy (non-hydrogen) atoms. The van der Waals surface area contributed by atoms with Crippen LogP contribution >= 0.6 is 0 Å². The summed E-state index contributed by atoms with van der Waals surface area (Å²) < 4.78 is 5.42. The van der Waals surface area contributed by atoms with Gasteiger partial charge in [-0.25, -0.2) is 0 Å². The number of nitrogens with zero attached hydrogens (tertiary/aromatic N) is 1. The van der Waals surface area contributed by atoms with Crippen molar-refractivity contribution in [2.24, 2.45) is 0 Å². The molecule has 6 nitrogen and oxygen atoms in total. The summed E-state index contributed by atoms with van der Waals surface area (Å²) in [5.41, 5.74) is 0.247. The predicted octanol–water partition coefficient (Wildman–Crippen LogP) is -0.175. The van der Waals surface area contributed by atoms with E-state index in [-0.39, 0.29) is 29.3 Å². The minimum atomic E-state index is -1.37. The first-order valence-corrected chi connectivity index (χ1v) is 6.41. The maximum absolute atomic E-state index is 12.2. The number of fused-ring (bicyclic) bond motifs is 1. The molecule has 0 unspecified atom stereocenters. The lowest BCUT2D eigenvalue weighted by Gasteiger charge is -2.17. The van der Waals surface area contributed by atoms with Crippen molar-refractivity contribution in [1.82, 2.24) is 4.90 Å². The molecule has 1 fully saturated rings. The maximum atomic E-state index is 12.2. The van der Waals surface area contributed by atoms with E-state index in [1.54, 1.807) is 0 Å². The lowest BCUT2D eigenvalue weighted by Crippen LogP contribution is -2.36. The highest BCUT2D eigenvalue weighted by Gasteiger charge is 2.37. The monoisotopic (exact) mass is 274 g/mol. The van der Waals surface area contributed by atoms with E-state index in [1.165, 1.54) is 18.2 Å². The number of hydrogen-bond acceptors (Lipinski definition) is 5. The van der Waals surface area contributed by atoms with E-state index in [0.717, 1.165) is 17.7 Å². The van der Waals surface area contributed by atoms with Gasteiger partial charge < -0.3 is 14.6 Å². The SMILES string of the molecule is O=C([O-])c1ccc2c(c1)C(=O)N(C[C@H]1CCCO1)C2=O. The molecule has 104 valence electrons. The zero-order valence-corrected chi connectivity index (χ0v) is 10.6. The van der Waals surface area contributed by atoms with Gasteiger partial charge in [0.25, 0.3) is 11.8 Å². The number of carbonyl (C=O) groups is 3. The standard InChI is InChI=1S/C14H13NO5/c16-12-10-4-3-8(14(18)19)6-11(10)13(17)15(12)7-9-2-1-5-20-9/h3-4,6,9H,1-2,5,7H2,(H,18,19)/p-1/t9-/m1/s1. The molecule has 2 heterocycles. The number of benzene rings is 1. The van der Waals surface area contributed by atoms with E-state index in [2.05, 4.69) is 0 Å². The van der Waals surface area contributed by atoms with Gasteiger partial charge in [0.1, 0.15) is 0 Å². The third-order valence-electron chi connectivity index (χ3n) is 3.62. The van der Waals surface area contributed by atoms with E-state index >= 15 is 0 Å². The molecule has 0 bridgehead atoms. The summed E-state index contributed by atoms with van der Waals surface area (Å²) in [7, 11) is 0. The number of ether oxygens (including phenoxy) is 1. The van der Waals surface area contributed by atoms with E-state index in [9.17, 15) is 19.5 Å². The van der Waals surface area contributed by atoms with Crippen LogP contribution in [0.1, 0.15) is 43.9 Å². The molecule has 1 atom stereocenters. The van der Waals surface area contributed by atoms with Crippen LogP contribution in [0.5, 0.6) is 0 Å². The Kier molecular flexibility index (Phi) is 3.02. The van der Waals surface area contributed by atoms with Crippen LogP contribution in [0.15, 0.2) is 18.2 Å². The van der Waals surface area contributed by atoms with Crippen molar-refractivity contribution in [1.29, 1.82) is 0 Å². The molecule has 2 aliphatic rings. The van der Waals surface area contributed by atoms with Gasteiger partial charge in [-0.15, -0.1) is 0 Å². The minimum Gasteiger partial charge on any atom is -0.545 e. The maximum Gasteiger partial charge on any atom is 0.261 e. The number of hydrogen-bond donors (Lipinski definition) is 0. The molecule has 2 aliphatic heterocycles. The Balaban J connectivity index is 1.88. The Bertz CT molecular complexity index is 604. The largest absolute Gasteiger partial charge is 0.545 e. The zero-order chi connectivity index (χ0) is 14.3. The number of rotatable bonds is 3. The predicted molar refractivity (Wildman–Crippen MR) is 65.1 cm³/mol. The molecular weight excluding hydrogens is 262 g/mol. The summed E-state index contributed by atoms with van der Waals surface area (Å²) >= 11 is 0. The van der Waals surface area contributed by atoms with Crippen LogP contribution in [0.3, 0.4) is 0 Å². The van der Waals surface area contributed by atoms with Crippen LogP contribution in [0.2, 0.25) is 0 Å². The fraction of sp³-hybridized carbons (Fsp3) is 0.357. The van der Waals surface area contributed by atoms with E-state index in [4.69, 9.17) is 4.74 Å². The first-order valence-electron chi connectivity index (χ1n) is 6.41. The molecule has 0 saturated carbocycles. The highest BCUT2D eigenvalue weighted by atomic mass is 16.5. The van der Waals surface area contributed by atoms with E-state index < -0.39 is 17.8 Å². The van der Waals surface area contributed by atoms with Gasteiger partial charge >= 0.3 is 0 Å². The van der Waals surface area contributed by atoms with Gasteiger partial charge in [0.05, 0.1) is 29.7 Å². The van der Waals surface area contributed by atoms with E-state index in [1.807, 2.05) is 0 Å². The highest BCUT2D eigenvalue weighted by Crippen LogP contribution is 2.25. The van der Waals surface area contributed by atoms with Crippen molar-refractivity contribution in [2.45, 2.75) is 18.9 Å². The second-order valence-corrected chi connectivity index (χ2v) is 4.90. The van der Waals surface area contributed by atoms with E-state index in [0.29, 0.717) is 6.61 Å². The Morgan fingerprint density at radius 2 is 2.05 bits per heavy atom. The topological polar surface area (TPSA) is 86.7 Å². The fourth-order valence-electron chi connectivity index (χ4n) is 2.58. The van der Waals surface area contributed by atoms with Gasteiger partial charge in [0.2, 0.25) is 0 Å². The van der Waals surface area contributed by atoms with Crippen LogP contribution in [-0.4, -0.2) is 41.9 Å². The van der Waals surface area contributed by atoms with Crippen molar-refractivity contribution in [3.8, 4) is 0 Å². The number of carboxylic acid groups (broad SMARTS) is 1. The van der Waals surface area contributed by atoms with Crippen LogP contribution in [-0.2, 0) is 4.74 Å². The Labute approximate surface area is 114 Å². The van der Waals surface area contributed by atoms with Gasteiger partial charge in [-0.3, -0.25) is 14.5 Å². The molecule has 0 spiro atoms. The first kappa shape index (κ1) is 12.8. The fourth-order valence-corrected chi connectivity index (χ4v) is 2.58. The summed E-state index contributed by atoms with van der Waals surface area (Å²) in [4.78, 5) is 36.3. The molecule has 0 aromatic heterocycles. The Morgan fingerprint density at radius 1 is 1.30 bits per heavy atom. The van der Waals surface area contributed by atoms with Crippen molar-refractivity contribution in [3.05, 3.63) is 34.9 Å². The molecule has 2 amide bonds. The first-order chi connectivity index (χ1) is 9.58. The Morgan fingerprint density at radius 3 is 2.70 bits per heavy atom. The quantitative estimate of drug-likeness (QED) is 0.714. The van der Waals surface area contributed by atoms with Crippen molar-refractivity contribution < 1.29 is 24.2 Å². The van der Waals surface area contributed by atoms with Gasteiger partial charge in [-0.2, -0.15) is 0 Å². The normalized spacial score (nSPS) is 21.4. The van der Waals surface area contributed by atoms with Crippen molar-refractivity contribution in [2.75, 3.05) is 13.2 Å². The molecule has 1 aromatic rings. The van der Waals surface area contributed by atoms with Gasteiger partial charge in [-0.1, -0.05) is 6.07 Å². The third kappa shape index (κ3) is 1.98. The second kappa shape index (κ2) is 4.72. The lowest BCUT2D eigenvalue weighted by molar-refractivity contribution is -0.255. The number of imide groups is 1. The Hall–Kier alpha value is -2.21. The average molecular weight is 274 g/mol. The number of carboxylic acids is 1. The smallest absolute Gasteiger partial charge is 0.261 e. The molecular formula is C14H12NO5-. The van der Waals surface area contributed by atoms with Crippen LogP contribution in [0, 0.1) is 0 Å². The summed E-state index contributed by atoms with van der Waals surface area (Å²) in [5.74, 6) is -2.24. The van der Waals surface area contributed by atoms with Gasteiger partial charge in [0.15, 0.2) is 0 Å². The van der Waals surface area contributed by atoms with Gasteiger partial charge in [-0.05, 0) is 30.5 Å². The summed E-state index contributed by atoms with van der Waals surface area (Å²) in [6, 6.07) is 3.82. The number of carbonyl (C=O) groups excluding carboxylic acids is 3.